The molecule has 1 N–H and O–H groups in total. The van der Waals surface area contributed by atoms with E-state index in [2.05, 4.69) is 10.4 Å². The molecule has 2 aliphatic heterocycles. The van der Waals surface area contributed by atoms with Gasteiger partial charge in [-0.2, -0.15) is 0 Å². The molecule has 0 spiro atoms. The van der Waals surface area contributed by atoms with Crippen LogP contribution in [0.4, 0.5) is 11.4 Å². The maximum Gasteiger partial charge on any atom is 0.377 e. The molecule has 0 bridgehead atoms. The number of fused-ring (bicyclic) bond motifs is 2. The Kier molecular flexibility index (Phi) is 4.38. The zero-order chi connectivity index (χ0) is 19.8. The van der Waals surface area contributed by atoms with Crippen molar-refractivity contribution < 1.29 is 14.3 Å². The third-order valence-electron chi connectivity index (χ3n) is 4.70. The van der Waals surface area contributed by atoms with Gasteiger partial charge < -0.3 is 10.1 Å². The summed E-state index contributed by atoms with van der Waals surface area (Å²) in [6, 6.07) is 15.0. The van der Waals surface area contributed by atoms with Gasteiger partial charge in [0.1, 0.15) is 0 Å². The molecule has 0 radical (unpaired) electrons. The zero-order valence-corrected chi connectivity index (χ0v) is 15.9. The van der Waals surface area contributed by atoms with E-state index in [1.807, 2.05) is 43.3 Å². The first-order valence-electron chi connectivity index (χ1n) is 9.05. The van der Waals surface area contributed by atoms with Gasteiger partial charge in [-0.25, -0.2) is 19.8 Å². The maximum atomic E-state index is 13.0. The molecule has 0 aromatic heterocycles. The molecule has 0 saturated carbocycles. The summed E-state index contributed by atoms with van der Waals surface area (Å²) < 4.78 is 5.18. The summed E-state index contributed by atoms with van der Waals surface area (Å²) in [4.78, 5) is 25.6. The largest absolute Gasteiger partial charge is 0.460 e. The van der Waals surface area contributed by atoms with Crippen LogP contribution in [0.3, 0.4) is 0 Å². The number of aryl methyl sites for hydroxylation is 1. The lowest BCUT2D eigenvalue weighted by Crippen LogP contribution is -2.56. The average molecular weight is 379 g/mol. The summed E-state index contributed by atoms with van der Waals surface area (Å²) in [5.74, 6) is -0.786. The normalized spacial score (nSPS) is 18.1. The predicted octanol–water partition coefficient (Wildman–Crippen LogP) is 2.39. The molecule has 2 aromatic carbocycles. The molecule has 2 heterocycles. The number of nitrogens with zero attached hydrogens (tertiary/aromatic N) is 4. The number of hydrogen-bond donors (Lipinski definition) is 1. The van der Waals surface area contributed by atoms with Crippen LogP contribution in [0.2, 0.25) is 0 Å². The van der Waals surface area contributed by atoms with Crippen molar-refractivity contribution >= 4 is 29.1 Å². The molecule has 8 heteroatoms. The van der Waals surface area contributed by atoms with E-state index in [4.69, 9.17) is 4.74 Å². The summed E-state index contributed by atoms with van der Waals surface area (Å²) in [6.45, 7) is 3.94. The average Bonchev–Trinajstić information content (AvgIpc) is 3.02. The van der Waals surface area contributed by atoms with Gasteiger partial charge in [-0.1, -0.05) is 29.8 Å². The van der Waals surface area contributed by atoms with Crippen molar-refractivity contribution in [2.75, 3.05) is 24.0 Å². The van der Waals surface area contributed by atoms with Crippen LogP contribution in [-0.4, -0.2) is 47.7 Å². The fraction of sp³-hybridized carbons (Fsp3) is 0.250. The Morgan fingerprint density at radius 2 is 1.89 bits per heavy atom. The number of amides is 1. The van der Waals surface area contributed by atoms with E-state index in [9.17, 15) is 9.59 Å². The standard InChI is InChI=1S/C20H21N5O3/c1-4-28-19(27)17-22-24(14-11-9-13(2)10-12-14)20-21-16-8-6-5-7-15(16)18(26)23(3)25(17)20/h5-12,20-21H,4H2,1-3H3. The third-order valence-corrected chi connectivity index (χ3v) is 4.70. The van der Waals surface area contributed by atoms with E-state index in [0.29, 0.717) is 11.3 Å². The maximum absolute atomic E-state index is 13.0. The summed E-state index contributed by atoms with van der Waals surface area (Å²) in [6.07, 6.45) is -0.597. The number of nitrogens with one attached hydrogen (secondary N) is 1. The first-order chi connectivity index (χ1) is 13.5. The fourth-order valence-corrected chi connectivity index (χ4v) is 3.28. The molecule has 0 aliphatic carbocycles. The highest BCUT2D eigenvalue weighted by Gasteiger charge is 2.45. The highest BCUT2D eigenvalue weighted by Crippen LogP contribution is 2.32. The minimum Gasteiger partial charge on any atom is -0.460 e. The highest BCUT2D eigenvalue weighted by molar-refractivity contribution is 6.36. The first kappa shape index (κ1) is 17.8. The lowest BCUT2D eigenvalue weighted by Gasteiger charge is -2.34. The van der Waals surface area contributed by atoms with E-state index in [-0.39, 0.29) is 18.3 Å². The molecule has 0 fully saturated rings. The second-order valence-corrected chi connectivity index (χ2v) is 6.56. The Morgan fingerprint density at radius 3 is 2.61 bits per heavy atom. The fourth-order valence-electron chi connectivity index (χ4n) is 3.28. The Bertz CT molecular complexity index is 957. The van der Waals surface area contributed by atoms with Crippen LogP contribution in [0.5, 0.6) is 0 Å². The second kappa shape index (κ2) is 6.88. The van der Waals surface area contributed by atoms with Gasteiger partial charge in [0.15, 0.2) is 0 Å². The second-order valence-electron chi connectivity index (χ2n) is 6.56. The molecular weight excluding hydrogens is 358 g/mol. The topological polar surface area (TPSA) is 77.5 Å². The van der Waals surface area contributed by atoms with Gasteiger partial charge in [-0.05, 0) is 38.1 Å². The molecule has 144 valence electrons. The Labute approximate surface area is 162 Å². The van der Waals surface area contributed by atoms with Crippen molar-refractivity contribution in [2.45, 2.75) is 20.1 Å². The Balaban J connectivity index is 1.82. The number of carbonyl (C=O) groups excluding carboxylic acids is 2. The summed E-state index contributed by atoms with van der Waals surface area (Å²) in [7, 11) is 1.62. The lowest BCUT2D eigenvalue weighted by molar-refractivity contribution is -0.136. The lowest BCUT2D eigenvalue weighted by atomic mass is 10.1. The molecule has 1 amide bonds. The number of amidine groups is 1. The number of rotatable bonds is 3. The van der Waals surface area contributed by atoms with Gasteiger partial charge >= 0.3 is 5.97 Å². The summed E-state index contributed by atoms with van der Waals surface area (Å²) >= 11 is 0. The smallest absolute Gasteiger partial charge is 0.377 e. The van der Waals surface area contributed by atoms with Gasteiger partial charge in [0.05, 0.1) is 23.5 Å². The highest BCUT2D eigenvalue weighted by atomic mass is 16.5. The van der Waals surface area contributed by atoms with Crippen LogP contribution in [-0.2, 0) is 9.53 Å². The minimum absolute atomic E-state index is 0.0450. The number of benzene rings is 2. The van der Waals surface area contributed by atoms with Gasteiger partial charge in [0.2, 0.25) is 6.29 Å². The Hall–Kier alpha value is -3.55. The number of para-hydroxylation sites is 1. The number of anilines is 2. The Morgan fingerprint density at radius 1 is 1.18 bits per heavy atom. The van der Waals surface area contributed by atoms with E-state index in [0.717, 1.165) is 11.3 Å². The number of hydrazine groups is 1. The van der Waals surface area contributed by atoms with Crippen molar-refractivity contribution in [3.05, 3.63) is 59.7 Å². The van der Waals surface area contributed by atoms with Crippen molar-refractivity contribution in [2.24, 2.45) is 5.10 Å². The molecular formula is C20H21N5O3. The van der Waals surface area contributed by atoms with Gasteiger partial charge in [-0.15, -0.1) is 5.10 Å². The van der Waals surface area contributed by atoms with Crippen LogP contribution in [0.1, 0.15) is 22.8 Å². The van der Waals surface area contributed by atoms with Crippen LogP contribution in [0, 0.1) is 6.92 Å². The SMILES string of the molecule is CCOC(=O)C1=NN(c2ccc(C)cc2)C2Nc3ccccc3C(=O)N(C)N12. The summed E-state index contributed by atoms with van der Waals surface area (Å²) in [5.41, 5.74) is 3.09. The predicted molar refractivity (Wildman–Crippen MR) is 106 cm³/mol. The van der Waals surface area contributed by atoms with E-state index >= 15 is 0 Å². The van der Waals surface area contributed by atoms with Gasteiger partial charge in [-0.3, -0.25) is 4.79 Å². The minimum atomic E-state index is -0.597. The number of hydrazone groups is 1. The van der Waals surface area contributed by atoms with Crippen LogP contribution < -0.4 is 10.3 Å². The molecule has 2 aliphatic rings. The molecule has 2 aromatic rings. The molecule has 28 heavy (non-hydrogen) atoms. The van der Waals surface area contributed by atoms with Crippen LogP contribution in [0.25, 0.3) is 0 Å². The third kappa shape index (κ3) is 2.83. The van der Waals surface area contributed by atoms with E-state index in [1.165, 1.54) is 10.0 Å². The van der Waals surface area contributed by atoms with Crippen molar-refractivity contribution in [3.8, 4) is 0 Å². The van der Waals surface area contributed by atoms with E-state index in [1.54, 1.807) is 31.1 Å². The number of carbonyl (C=O) groups is 2. The number of esters is 1. The summed E-state index contributed by atoms with van der Waals surface area (Å²) in [5, 5.41) is 12.4. The molecule has 1 unspecified atom stereocenters. The first-order valence-corrected chi connectivity index (χ1v) is 9.05. The van der Waals surface area contributed by atoms with Crippen molar-refractivity contribution in [1.82, 2.24) is 10.0 Å². The molecule has 1 atom stereocenters. The monoisotopic (exact) mass is 379 g/mol. The van der Waals surface area contributed by atoms with E-state index < -0.39 is 12.3 Å². The van der Waals surface area contributed by atoms with Gasteiger partial charge in [0, 0.05) is 7.05 Å². The molecule has 8 nitrogen and oxygen atoms in total. The quantitative estimate of drug-likeness (QED) is 0.825. The molecule has 0 saturated heterocycles. The molecule has 4 rings (SSSR count). The van der Waals surface area contributed by atoms with Gasteiger partial charge in [0.25, 0.3) is 11.7 Å². The van der Waals surface area contributed by atoms with Crippen molar-refractivity contribution in [3.63, 3.8) is 0 Å². The zero-order valence-electron chi connectivity index (χ0n) is 15.9. The van der Waals surface area contributed by atoms with Crippen LogP contribution in [0.15, 0.2) is 53.6 Å². The van der Waals surface area contributed by atoms with Crippen molar-refractivity contribution in [1.29, 1.82) is 0 Å². The van der Waals surface area contributed by atoms with Crippen LogP contribution >= 0.6 is 0 Å². The number of ether oxygens (including phenoxy) is 1. The number of hydrogen-bond acceptors (Lipinski definition) is 7.